The van der Waals surface area contributed by atoms with Crippen LogP contribution >= 0.6 is 0 Å². The van der Waals surface area contributed by atoms with Gasteiger partial charge in [0.05, 0.1) is 12.5 Å². The lowest BCUT2D eigenvalue weighted by Gasteiger charge is -2.33. The van der Waals surface area contributed by atoms with Crippen molar-refractivity contribution >= 4 is 11.9 Å². The molecule has 84 valence electrons. The molecule has 5 heteroatoms. The molecule has 1 aliphatic rings. The van der Waals surface area contributed by atoms with Crippen LogP contribution in [0, 0.1) is 0 Å². The Bertz CT molecular complexity index is 278. The van der Waals surface area contributed by atoms with Crippen LogP contribution in [0.4, 0.5) is 0 Å². The number of aliphatic carboxylic acids is 1. The van der Waals surface area contributed by atoms with Crippen molar-refractivity contribution in [3.8, 4) is 0 Å². The Balaban J connectivity index is 2.20. The monoisotopic (exact) mass is 214 g/mol. The van der Waals surface area contributed by atoms with E-state index in [0.717, 1.165) is 0 Å². The average Bonchev–Trinajstić information content (AvgIpc) is 2.10. The van der Waals surface area contributed by atoms with Crippen LogP contribution in [0.5, 0.6) is 0 Å². The maximum absolute atomic E-state index is 11.2. The normalized spacial score (nSPS) is 24.1. The van der Waals surface area contributed by atoms with Crippen molar-refractivity contribution in [2.75, 3.05) is 7.11 Å². The topological polar surface area (TPSA) is 72.8 Å². The highest BCUT2D eigenvalue weighted by atomic mass is 16.6. The summed E-state index contributed by atoms with van der Waals surface area (Å²) < 4.78 is 10.0. The average molecular weight is 214 g/mol. The minimum atomic E-state index is -1.17. The molecule has 0 bridgehead atoms. The minimum absolute atomic E-state index is 0.135. The lowest BCUT2D eigenvalue weighted by atomic mass is 9.92. The Hall–Kier alpha value is -1.36. The summed E-state index contributed by atoms with van der Waals surface area (Å²) in [6.45, 7) is 3.25. The van der Waals surface area contributed by atoms with Gasteiger partial charge in [-0.2, -0.15) is 0 Å². The van der Waals surface area contributed by atoms with Crippen molar-refractivity contribution in [3.05, 3.63) is 12.2 Å². The smallest absolute Gasteiger partial charge is 0.331 e. The summed E-state index contributed by atoms with van der Waals surface area (Å²) in [6.07, 6.45) is 1.13. The second kappa shape index (κ2) is 4.93. The first-order valence-corrected chi connectivity index (χ1v) is 4.66. The molecular formula is C10H14O5. The highest BCUT2D eigenvalue weighted by Crippen LogP contribution is 2.26. The molecule has 15 heavy (non-hydrogen) atoms. The summed E-state index contributed by atoms with van der Waals surface area (Å²) in [5, 5.41) is 8.49. The van der Waals surface area contributed by atoms with Crippen LogP contribution in [-0.2, 0) is 19.1 Å². The van der Waals surface area contributed by atoms with Crippen molar-refractivity contribution in [2.45, 2.75) is 31.5 Å². The Morgan fingerprint density at radius 1 is 1.40 bits per heavy atom. The zero-order chi connectivity index (χ0) is 11.4. The standard InChI is InChI=1S/C10H14O5/c1-6(10(12)13)3-9(11)15-8-4-7(5-8)14-2/h7-8H,1,3-5H2,2H3,(H,12,13). The van der Waals surface area contributed by atoms with Crippen LogP contribution in [-0.4, -0.2) is 36.4 Å². The first kappa shape index (κ1) is 11.7. The highest BCUT2D eigenvalue weighted by Gasteiger charge is 2.32. The number of carboxylic acid groups (broad SMARTS) is 1. The van der Waals surface area contributed by atoms with Crippen LogP contribution in [0.25, 0.3) is 0 Å². The van der Waals surface area contributed by atoms with Gasteiger partial charge in [0.2, 0.25) is 0 Å². The Labute approximate surface area is 87.7 Å². The van der Waals surface area contributed by atoms with Crippen molar-refractivity contribution in [2.24, 2.45) is 0 Å². The highest BCUT2D eigenvalue weighted by molar-refractivity contribution is 5.91. The van der Waals surface area contributed by atoms with Gasteiger partial charge in [0.1, 0.15) is 6.10 Å². The van der Waals surface area contributed by atoms with Gasteiger partial charge in [-0.3, -0.25) is 4.79 Å². The van der Waals surface area contributed by atoms with Gasteiger partial charge >= 0.3 is 11.9 Å². The number of carbonyl (C=O) groups excluding carboxylic acids is 1. The maximum atomic E-state index is 11.2. The van der Waals surface area contributed by atoms with Gasteiger partial charge in [-0.15, -0.1) is 0 Å². The molecule has 1 aliphatic carbocycles. The van der Waals surface area contributed by atoms with E-state index in [4.69, 9.17) is 14.6 Å². The summed E-state index contributed by atoms with van der Waals surface area (Å²) >= 11 is 0. The van der Waals surface area contributed by atoms with Crippen LogP contribution in [0.1, 0.15) is 19.3 Å². The number of ether oxygens (including phenoxy) is 2. The Morgan fingerprint density at radius 3 is 2.47 bits per heavy atom. The van der Waals surface area contributed by atoms with Gasteiger partial charge in [-0.25, -0.2) is 4.79 Å². The van der Waals surface area contributed by atoms with Gasteiger partial charge in [0.25, 0.3) is 0 Å². The lowest BCUT2D eigenvalue weighted by molar-refractivity contribution is -0.160. The quantitative estimate of drug-likeness (QED) is 0.539. The minimum Gasteiger partial charge on any atom is -0.478 e. The van der Waals surface area contributed by atoms with Gasteiger partial charge in [-0.1, -0.05) is 6.58 Å². The first-order chi connectivity index (χ1) is 7.02. The summed E-state index contributed by atoms with van der Waals surface area (Å²) in [4.78, 5) is 21.5. The summed E-state index contributed by atoms with van der Waals surface area (Å²) in [5.74, 6) is -1.71. The van der Waals surface area contributed by atoms with Gasteiger partial charge in [0.15, 0.2) is 0 Å². The predicted octanol–water partition coefficient (Wildman–Crippen LogP) is 0.738. The van der Waals surface area contributed by atoms with E-state index in [0.29, 0.717) is 12.8 Å². The number of hydrogen-bond donors (Lipinski definition) is 1. The van der Waals surface area contributed by atoms with E-state index in [9.17, 15) is 9.59 Å². The molecule has 0 aromatic rings. The molecule has 0 atom stereocenters. The largest absolute Gasteiger partial charge is 0.478 e. The number of rotatable bonds is 5. The van der Waals surface area contributed by atoms with Gasteiger partial charge in [-0.05, 0) is 0 Å². The van der Waals surface area contributed by atoms with Crippen molar-refractivity contribution < 1.29 is 24.2 Å². The van der Waals surface area contributed by atoms with E-state index in [1.54, 1.807) is 7.11 Å². The van der Waals surface area contributed by atoms with Crippen molar-refractivity contribution in [1.29, 1.82) is 0 Å². The number of carbonyl (C=O) groups is 2. The van der Waals surface area contributed by atoms with Crippen LogP contribution in [0.3, 0.4) is 0 Å². The third kappa shape index (κ3) is 3.36. The zero-order valence-corrected chi connectivity index (χ0v) is 8.56. The van der Waals surface area contributed by atoms with Gasteiger partial charge in [0, 0.05) is 25.5 Å². The third-order valence-corrected chi connectivity index (χ3v) is 2.34. The lowest BCUT2D eigenvalue weighted by Crippen LogP contribution is -2.38. The van der Waals surface area contributed by atoms with Crippen LogP contribution in [0.2, 0.25) is 0 Å². The molecule has 0 aromatic heterocycles. The molecule has 1 rings (SSSR count). The summed E-state index contributed by atoms with van der Waals surface area (Å²) in [5.41, 5.74) is -0.150. The Kier molecular flexibility index (Phi) is 3.85. The van der Waals surface area contributed by atoms with Crippen molar-refractivity contribution in [3.63, 3.8) is 0 Å². The zero-order valence-electron chi connectivity index (χ0n) is 8.56. The van der Waals surface area contributed by atoms with E-state index in [-0.39, 0.29) is 24.2 Å². The molecule has 1 fully saturated rings. The molecule has 5 nitrogen and oxygen atoms in total. The number of esters is 1. The number of carboxylic acids is 1. The molecular weight excluding hydrogens is 200 g/mol. The molecule has 0 amide bonds. The van der Waals surface area contributed by atoms with Crippen LogP contribution < -0.4 is 0 Å². The number of methoxy groups -OCH3 is 1. The molecule has 0 heterocycles. The van der Waals surface area contributed by atoms with Crippen LogP contribution in [0.15, 0.2) is 12.2 Å². The predicted molar refractivity (Wildman–Crippen MR) is 51.3 cm³/mol. The molecule has 1 N–H and O–H groups in total. The maximum Gasteiger partial charge on any atom is 0.331 e. The SMILES string of the molecule is C=C(CC(=O)OC1CC(OC)C1)C(=O)O. The molecule has 0 unspecified atom stereocenters. The molecule has 0 aromatic carbocycles. The molecule has 0 aliphatic heterocycles. The molecule has 1 saturated carbocycles. The van der Waals surface area contributed by atoms with E-state index in [2.05, 4.69) is 6.58 Å². The molecule has 0 radical (unpaired) electrons. The first-order valence-electron chi connectivity index (χ1n) is 4.66. The second-order valence-corrected chi connectivity index (χ2v) is 3.53. The van der Waals surface area contributed by atoms with E-state index >= 15 is 0 Å². The second-order valence-electron chi connectivity index (χ2n) is 3.53. The fourth-order valence-corrected chi connectivity index (χ4v) is 1.28. The summed E-state index contributed by atoms with van der Waals surface area (Å²) in [7, 11) is 1.61. The fraction of sp³-hybridized carbons (Fsp3) is 0.600. The number of hydrogen-bond acceptors (Lipinski definition) is 4. The molecule has 0 saturated heterocycles. The third-order valence-electron chi connectivity index (χ3n) is 2.34. The van der Waals surface area contributed by atoms with E-state index in [1.807, 2.05) is 0 Å². The van der Waals surface area contributed by atoms with Crippen molar-refractivity contribution in [1.82, 2.24) is 0 Å². The summed E-state index contributed by atoms with van der Waals surface area (Å²) in [6, 6.07) is 0. The molecule has 0 spiro atoms. The Morgan fingerprint density at radius 2 is 2.00 bits per heavy atom. The van der Waals surface area contributed by atoms with E-state index < -0.39 is 11.9 Å². The fourth-order valence-electron chi connectivity index (χ4n) is 1.28. The van der Waals surface area contributed by atoms with Gasteiger partial charge < -0.3 is 14.6 Å². The van der Waals surface area contributed by atoms with E-state index in [1.165, 1.54) is 0 Å².